The van der Waals surface area contributed by atoms with E-state index < -0.39 is 0 Å². The Bertz CT molecular complexity index is 1480. The summed E-state index contributed by atoms with van der Waals surface area (Å²) in [7, 11) is 2.02. The minimum absolute atomic E-state index is 0.0104. The first-order chi connectivity index (χ1) is 18.4. The van der Waals surface area contributed by atoms with E-state index in [1.54, 1.807) is 18.3 Å². The number of halogens is 1. The molecule has 3 heterocycles. The van der Waals surface area contributed by atoms with Gasteiger partial charge >= 0.3 is 0 Å². The summed E-state index contributed by atoms with van der Waals surface area (Å²) < 4.78 is 0. The van der Waals surface area contributed by atoms with Gasteiger partial charge in [0.2, 0.25) is 11.9 Å². The van der Waals surface area contributed by atoms with Crippen molar-refractivity contribution in [2.45, 2.75) is 18.9 Å². The number of anilines is 2. The van der Waals surface area contributed by atoms with Gasteiger partial charge < -0.3 is 20.5 Å². The first-order valence-electron chi connectivity index (χ1n) is 12.5. The van der Waals surface area contributed by atoms with Gasteiger partial charge in [0.05, 0.1) is 16.9 Å². The number of amides is 1. The minimum Gasteiger partial charge on any atom is -0.360 e. The number of H-pyrrole nitrogens is 1. The predicted molar refractivity (Wildman–Crippen MR) is 151 cm³/mol. The number of ketones is 1. The van der Waals surface area contributed by atoms with Crippen LogP contribution in [0.2, 0.25) is 5.02 Å². The molecule has 8 nitrogen and oxygen atoms in total. The lowest BCUT2D eigenvalue weighted by molar-refractivity contribution is -0.123. The molecule has 0 bridgehead atoms. The van der Waals surface area contributed by atoms with Crippen LogP contribution in [0.4, 0.5) is 11.6 Å². The Morgan fingerprint density at radius 2 is 1.97 bits per heavy atom. The molecule has 194 valence electrons. The summed E-state index contributed by atoms with van der Waals surface area (Å²) in [5.41, 5.74) is 4.17. The van der Waals surface area contributed by atoms with Crippen LogP contribution >= 0.6 is 11.6 Å². The smallest absolute Gasteiger partial charge is 0.247 e. The summed E-state index contributed by atoms with van der Waals surface area (Å²) in [5, 5.41) is 7.67. The van der Waals surface area contributed by atoms with E-state index >= 15 is 0 Å². The SMILES string of the molecule is C=CC(=O)Nc1ccc(CC(=O)[C@@H]2CC(Nc3ncc(Cl)c(-c4c[nH]c5ccccc45)n3)CN(C)C2)cc1. The van der Waals surface area contributed by atoms with Crippen LogP contribution in [0.25, 0.3) is 22.2 Å². The van der Waals surface area contributed by atoms with Crippen LogP contribution in [0.3, 0.4) is 0 Å². The molecule has 0 aliphatic carbocycles. The zero-order valence-corrected chi connectivity index (χ0v) is 21.8. The average molecular weight is 529 g/mol. The molecule has 2 atom stereocenters. The van der Waals surface area contributed by atoms with Gasteiger partial charge in [-0.15, -0.1) is 0 Å². The monoisotopic (exact) mass is 528 g/mol. The number of rotatable bonds is 8. The van der Waals surface area contributed by atoms with Gasteiger partial charge in [-0.3, -0.25) is 9.59 Å². The van der Waals surface area contributed by atoms with Crippen LogP contribution in [-0.2, 0) is 16.0 Å². The topological polar surface area (TPSA) is 103 Å². The lowest BCUT2D eigenvalue weighted by Crippen LogP contribution is -2.47. The molecule has 0 saturated carbocycles. The molecule has 2 aromatic heterocycles. The van der Waals surface area contributed by atoms with E-state index in [0.29, 0.717) is 41.7 Å². The fourth-order valence-corrected chi connectivity index (χ4v) is 5.17. The summed E-state index contributed by atoms with van der Waals surface area (Å²) in [4.78, 5) is 39.3. The van der Waals surface area contributed by atoms with Gasteiger partial charge in [0.15, 0.2) is 0 Å². The number of carbonyl (C=O) groups is 2. The molecule has 1 fully saturated rings. The van der Waals surface area contributed by atoms with E-state index in [1.165, 1.54) is 6.08 Å². The van der Waals surface area contributed by atoms with E-state index in [9.17, 15) is 9.59 Å². The molecular weight excluding hydrogens is 500 g/mol. The maximum Gasteiger partial charge on any atom is 0.247 e. The maximum atomic E-state index is 13.2. The Morgan fingerprint density at radius 1 is 1.18 bits per heavy atom. The summed E-state index contributed by atoms with van der Waals surface area (Å²) >= 11 is 6.49. The number of aromatic nitrogens is 3. The molecule has 0 spiro atoms. The zero-order chi connectivity index (χ0) is 26.6. The number of benzene rings is 2. The molecule has 1 aliphatic heterocycles. The van der Waals surface area contributed by atoms with Gasteiger partial charge in [0.1, 0.15) is 5.78 Å². The summed E-state index contributed by atoms with van der Waals surface area (Å²) in [6.07, 6.45) is 5.77. The number of nitrogens with zero attached hydrogens (tertiary/aromatic N) is 3. The zero-order valence-electron chi connectivity index (χ0n) is 21.1. The number of hydrogen-bond acceptors (Lipinski definition) is 6. The lowest BCUT2D eigenvalue weighted by atomic mass is 9.88. The molecule has 5 rings (SSSR count). The molecule has 4 aromatic rings. The van der Waals surface area contributed by atoms with Crippen LogP contribution in [-0.4, -0.2) is 57.7 Å². The number of fused-ring (bicyclic) bond motifs is 1. The molecule has 2 aromatic carbocycles. The lowest BCUT2D eigenvalue weighted by Gasteiger charge is -2.35. The number of hydrogen-bond donors (Lipinski definition) is 3. The van der Waals surface area contributed by atoms with Crippen LogP contribution in [0, 0.1) is 5.92 Å². The van der Waals surface area contributed by atoms with Crippen molar-refractivity contribution in [2.75, 3.05) is 30.8 Å². The number of para-hydroxylation sites is 1. The number of carbonyl (C=O) groups excluding carboxylic acids is 2. The van der Waals surface area contributed by atoms with Crippen molar-refractivity contribution in [1.29, 1.82) is 0 Å². The van der Waals surface area contributed by atoms with Crippen LogP contribution in [0.15, 0.2) is 73.6 Å². The molecule has 9 heteroatoms. The Kier molecular flexibility index (Phi) is 7.53. The third kappa shape index (κ3) is 5.77. The molecule has 0 radical (unpaired) electrons. The molecule has 1 unspecified atom stereocenters. The van der Waals surface area contributed by atoms with Gasteiger partial charge in [0.25, 0.3) is 0 Å². The highest BCUT2D eigenvalue weighted by molar-refractivity contribution is 6.33. The van der Waals surface area contributed by atoms with Crippen molar-refractivity contribution in [3.8, 4) is 11.3 Å². The van der Waals surface area contributed by atoms with Gasteiger partial charge in [-0.2, -0.15) is 0 Å². The second kappa shape index (κ2) is 11.2. The van der Waals surface area contributed by atoms with Crippen molar-refractivity contribution in [2.24, 2.45) is 5.92 Å². The van der Waals surface area contributed by atoms with E-state index in [1.807, 2.05) is 49.6 Å². The third-order valence-corrected chi connectivity index (χ3v) is 7.07. The first kappa shape index (κ1) is 25.6. The average Bonchev–Trinajstić information content (AvgIpc) is 3.34. The minimum atomic E-state index is -0.268. The normalized spacial score (nSPS) is 17.7. The van der Waals surface area contributed by atoms with Gasteiger partial charge in [0, 0.05) is 59.8 Å². The Hall–Kier alpha value is -4.01. The number of likely N-dealkylation sites (tertiary alicyclic amines) is 1. The highest BCUT2D eigenvalue weighted by Gasteiger charge is 2.30. The standard InChI is InChI=1S/C29H29ClN6O2/c1-3-27(38)33-20-10-8-18(9-11-20)12-26(37)19-13-21(17-36(2)16-19)34-29-32-15-24(30)28(35-29)23-14-31-25-7-5-4-6-22(23)25/h3-11,14-15,19,21,31H,1,12-13,16-17H2,2H3,(H,33,38)(H,32,34,35)/t19-,21?/m1/s1. The van der Waals surface area contributed by atoms with Gasteiger partial charge in [-0.25, -0.2) is 9.97 Å². The molecule has 1 amide bonds. The van der Waals surface area contributed by atoms with Crippen molar-refractivity contribution in [3.05, 3.63) is 84.2 Å². The quantitative estimate of drug-likeness (QED) is 0.280. The summed E-state index contributed by atoms with van der Waals surface area (Å²) in [6, 6.07) is 15.3. The summed E-state index contributed by atoms with van der Waals surface area (Å²) in [6.45, 7) is 4.93. The number of nitrogens with one attached hydrogen (secondary N) is 3. The predicted octanol–water partition coefficient (Wildman–Crippen LogP) is 4.95. The number of aromatic amines is 1. The largest absolute Gasteiger partial charge is 0.360 e. The van der Waals surface area contributed by atoms with E-state index in [2.05, 4.69) is 32.1 Å². The first-order valence-corrected chi connectivity index (χ1v) is 12.9. The van der Waals surface area contributed by atoms with Crippen molar-refractivity contribution >= 4 is 45.8 Å². The molecule has 38 heavy (non-hydrogen) atoms. The number of piperidine rings is 1. The van der Waals surface area contributed by atoms with Gasteiger partial charge in [-0.1, -0.05) is 48.5 Å². The Balaban J connectivity index is 1.26. The van der Waals surface area contributed by atoms with Crippen LogP contribution in [0.5, 0.6) is 0 Å². The fourth-order valence-electron chi connectivity index (χ4n) is 4.98. The van der Waals surface area contributed by atoms with Crippen LogP contribution in [0.1, 0.15) is 12.0 Å². The van der Waals surface area contributed by atoms with Crippen LogP contribution < -0.4 is 10.6 Å². The highest BCUT2D eigenvalue weighted by atomic mass is 35.5. The molecular formula is C29H29ClN6O2. The Morgan fingerprint density at radius 3 is 2.76 bits per heavy atom. The molecule has 3 N–H and O–H groups in total. The second-order valence-electron chi connectivity index (χ2n) is 9.67. The molecule has 1 aliphatic rings. The van der Waals surface area contributed by atoms with E-state index in [0.717, 1.165) is 28.6 Å². The van der Waals surface area contributed by atoms with Crippen molar-refractivity contribution < 1.29 is 9.59 Å². The second-order valence-corrected chi connectivity index (χ2v) is 10.1. The van der Waals surface area contributed by atoms with Crippen molar-refractivity contribution in [1.82, 2.24) is 19.9 Å². The van der Waals surface area contributed by atoms with E-state index in [-0.39, 0.29) is 23.7 Å². The summed E-state index contributed by atoms with van der Waals surface area (Å²) in [5.74, 6) is 0.281. The van der Waals surface area contributed by atoms with Crippen molar-refractivity contribution in [3.63, 3.8) is 0 Å². The highest BCUT2D eigenvalue weighted by Crippen LogP contribution is 2.32. The Labute approximate surface area is 226 Å². The number of likely N-dealkylation sites (N-methyl/N-ethyl adjacent to an activating group) is 1. The molecule has 1 saturated heterocycles. The maximum absolute atomic E-state index is 13.2. The third-order valence-electron chi connectivity index (χ3n) is 6.80. The fraction of sp³-hybridized carbons (Fsp3) is 0.241. The van der Waals surface area contributed by atoms with Gasteiger partial charge in [-0.05, 0) is 43.3 Å². The number of Topliss-reactive ketones (excluding diaryl/α,β-unsaturated/α-hetero) is 1. The van der Waals surface area contributed by atoms with E-state index in [4.69, 9.17) is 16.6 Å².